The second kappa shape index (κ2) is 7.46. The highest BCUT2D eigenvalue weighted by Crippen LogP contribution is 2.15. The number of benzene rings is 1. The Morgan fingerprint density at radius 2 is 1.89 bits per heavy atom. The van der Waals surface area contributed by atoms with Crippen LogP contribution in [0.4, 0.5) is 0 Å². The number of hydrogen-bond donors (Lipinski definition) is 0. The highest BCUT2D eigenvalue weighted by molar-refractivity contribution is 7.86. The summed E-state index contributed by atoms with van der Waals surface area (Å²) in [7, 11) is -3.62. The summed E-state index contributed by atoms with van der Waals surface area (Å²) in [6.07, 6.45) is 5.95. The Hall–Kier alpha value is -1.13. The van der Waals surface area contributed by atoms with Crippen molar-refractivity contribution in [3.8, 4) is 0 Å². The number of aryl methyl sites for hydroxylation is 1. The van der Waals surface area contributed by atoms with Crippen molar-refractivity contribution in [3.05, 3.63) is 42.0 Å². The lowest BCUT2D eigenvalue weighted by Crippen LogP contribution is -2.12. The van der Waals surface area contributed by atoms with Gasteiger partial charge in [0, 0.05) is 0 Å². The van der Waals surface area contributed by atoms with Crippen molar-refractivity contribution in [1.29, 1.82) is 0 Å². The van der Waals surface area contributed by atoms with Crippen molar-refractivity contribution >= 4 is 10.1 Å². The molecule has 0 bridgehead atoms. The molecule has 0 N–H and O–H groups in total. The van der Waals surface area contributed by atoms with E-state index in [1.54, 1.807) is 24.3 Å². The molecule has 19 heavy (non-hydrogen) atoms. The van der Waals surface area contributed by atoms with Gasteiger partial charge in [-0.25, -0.2) is 0 Å². The van der Waals surface area contributed by atoms with Gasteiger partial charge in [-0.3, -0.25) is 4.18 Å². The molecule has 0 heterocycles. The van der Waals surface area contributed by atoms with Crippen molar-refractivity contribution in [2.24, 2.45) is 5.92 Å². The van der Waals surface area contributed by atoms with Gasteiger partial charge in [-0.1, -0.05) is 36.8 Å². The minimum atomic E-state index is -3.62. The standard InChI is InChI=1S/C15H22O3S/c1-4-5-6-7-14(3)12-18-19(16,17)15-10-8-13(2)9-11-15/h4-5,8-11,14H,6-7,12H2,1-3H3. The number of rotatable bonds is 7. The first-order valence-corrected chi connectivity index (χ1v) is 7.94. The lowest BCUT2D eigenvalue weighted by molar-refractivity contribution is 0.258. The third-order valence-corrected chi connectivity index (χ3v) is 4.18. The molecule has 1 unspecified atom stereocenters. The smallest absolute Gasteiger partial charge is 0.266 e. The zero-order valence-electron chi connectivity index (χ0n) is 11.8. The summed E-state index contributed by atoms with van der Waals surface area (Å²) in [4.78, 5) is 0.221. The lowest BCUT2D eigenvalue weighted by Gasteiger charge is -2.11. The van der Waals surface area contributed by atoms with Gasteiger partial charge in [0.1, 0.15) is 0 Å². The van der Waals surface area contributed by atoms with E-state index < -0.39 is 10.1 Å². The molecule has 0 aliphatic carbocycles. The molecular weight excluding hydrogens is 260 g/mol. The van der Waals surface area contributed by atoms with Gasteiger partial charge in [-0.15, -0.1) is 0 Å². The number of hydrogen-bond acceptors (Lipinski definition) is 3. The molecular formula is C15H22O3S. The molecule has 3 nitrogen and oxygen atoms in total. The summed E-state index contributed by atoms with van der Waals surface area (Å²) in [5.41, 5.74) is 1.03. The van der Waals surface area contributed by atoms with Gasteiger partial charge >= 0.3 is 0 Å². The monoisotopic (exact) mass is 282 g/mol. The van der Waals surface area contributed by atoms with E-state index in [-0.39, 0.29) is 17.4 Å². The predicted molar refractivity (Wildman–Crippen MR) is 77.5 cm³/mol. The van der Waals surface area contributed by atoms with Crippen molar-refractivity contribution in [2.75, 3.05) is 6.61 Å². The summed E-state index contributed by atoms with van der Waals surface area (Å²) in [6, 6.07) is 6.70. The molecule has 0 aliphatic rings. The van der Waals surface area contributed by atoms with Crippen molar-refractivity contribution in [3.63, 3.8) is 0 Å². The SMILES string of the molecule is CC=CCCC(C)COS(=O)(=O)c1ccc(C)cc1. The first-order valence-electron chi connectivity index (χ1n) is 6.53. The topological polar surface area (TPSA) is 43.4 Å². The summed E-state index contributed by atoms with van der Waals surface area (Å²) >= 11 is 0. The van der Waals surface area contributed by atoms with E-state index in [4.69, 9.17) is 4.18 Å². The van der Waals surface area contributed by atoms with Crippen LogP contribution < -0.4 is 0 Å². The van der Waals surface area contributed by atoms with Gasteiger partial charge in [0.2, 0.25) is 0 Å². The van der Waals surface area contributed by atoms with Crippen molar-refractivity contribution in [2.45, 2.75) is 38.5 Å². The summed E-state index contributed by atoms with van der Waals surface area (Å²) in [5, 5.41) is 0. The molecule has 1 atom stereocenters. The van der Waals surface area contributed by atoms with Crippen LogP contribution in [-0.2, 0) is 14.3 Å². The molecule has 0 radical (unpaired) electrons. The van der Waals surface area contributed by atoms with Crippen LogP contribution >= 0.6 is 0 Å². The van der Waals surface area contributed by atoms with Gasteiger partial charge in [-0.2, -0.15) is 8.42 Å². The molecule has 1 aromatic rings. The third-order valence-electron chi connectivity index (χ3n) is 2.88. The maximum atomic E-state index is 11.9. The van der Waals surface area contributed by atoms with Gasteiger partial charge in [-0.05, 0) is 44.7 Å². The first kappa shape index (κ1) is 15.9. The average Bonchev–Trinajstić information content (AvgIpc) is 2.37. The molecule has 1 aromatic carbocycles. The van der Waals surface area contributed by atoms with E-state index in [9.17, 15) is 8.42 Å². The van der Waals surface area contributed by atoms with E-state index in [1.807, 2.05) is 26.8 Å². The quantitative estimate of drug-likeness (QED) is 0.566. The van der Waals surface area contributed by atoms with Crippen LogP contribution in [0.1, 0.15) is 32.3 Å². The van der Waals surface area contributed by atoms with Crippen LogP contribution in [0.25, 0.3) is 0 Å². The Kier molecular flexibility index (Phi) is 6.25. The third kappa shape index (κ3) is 5.57. The average molecular weight is 282 g/mol. The molecule has 0 aromatic heterocycles. The maximum absolute atomic E-state index is 11.9. The molecule has 4 heteroatoms. The van der Waals surface area contributed by atoms with Gasteiger partial charge in [0.15, 0.2) is 0 Å². The van der Waals surface area contributed by atoms with Gasteiger partial charge in [0.25, 0.3) is 10.1 Å². The van der Waals surface area contributed by atoms with Crippen LogP contribution in [0.3, 0.4) is 0 Å². The van der Waals surface area contributed by atoms with E-state index in [0.29, 0.717) is 0 Å². The molecule has 0 spiro atoms. The van der Waals surface area contributed by atoms with Crippen molar-refractivity contribution < 1.29 is 12.6 Å². The molecule has 0 fully saturated rings. The first-order chi connectivity index (χ1) is 8.95. The summed E-state index contributed by atoms with van der Waals surface area (Å²) in [6.45, 7) is 6.12. The molecule has 0 amide bonds. The second-order valence-corrected chi connectivity index (χ2v) is 6.42. The molecule has 106 valence electrons. The Morgan fingerprint density at radius 1 is 1.26 bits per heavy atom. The predicted octanol–water partition coefficient (Wildman–Crippen LogP) is 3.69. The van der Waals surface area contributed by atoms with Crippen LogP contribution in [0.5, 0.6) is 0 Å². The molecule has 0 aliphatic heterocycles. The summed E-state index contributed by atoms with van der Waals surface area (Å²) in [5.74, 6) is 0.219. The Morgan fingerprint density at radius 3 is 2.47 bits per heavy atom. The van der Waals surface area contributed by atoms with Crippen LogP contribution in [-0.4, -0.2) is 15.0 Å². The van der Waals surface area contributed by atoms with E-state index in [1.165, 1.54) is 0 Å². The van der Waals surface area contributed by atoms with Crippen LogP contribution in [0, 0.1) is 12.8 Å². The molecule has 0 saturated heterocycles. The maximum Gasteiger partial charge on any atom is 0.296 e. The highest BCUT2D eigenvalue weighted by Gasteiger charge is 2.16. The fourth-order valence-corrected chi connectivity index (χ4v) is 2.63. The van der Waals surface area contributed by atoms with Crippen molar-refractivity contribution in [1.82, 2.24) is 0 Å². The Bertz CT molecular complexity index is 501. The minimum absolute atomic E-state index is 0.219. The minimum Gasteiger partial charge on any atom is -0.266 e. The van der Waals surface area contributed by atoms with Gasteiger partial charge < -0.3 is 0 Å². The largest absolute Gasteiger partial charge is 0.296 e. The van der Waals surface area contributed by atoms with Gasteiger partial charge in [0.05, 0.1) is 11.5 Å². The normalized spacial score (nSPS) is 13.8. The van der Waals surface area contributed by atoms with Crippen LogP contribution in [0.15, 0.2) is 41.3 Å². The van der Waals surface area contributed by atoms with E-state index in [0.717, 1.165) is 18.4 Å². The zero-order valence-corrected chi connectivity index (χ0v) is 12.6. The number of allylic oxidation sites excluding steroid dienone is 2. The molecule has 0 saturated carbocycles. The van der Waals surface area contributed by atoms with Crippen LogP contribution in [0.2, 0.25) is 0 Å². The Balaban J connectivity index is 2.53. The molecule has 1 rings (SSSR count). The summed E-state index contributed by atoms with van der Waals surface area (Å²) < 4.78 is 29.0. The van der Waals surface area contributed by atoms with E-state index >= 15 is 0 Å². The second-order valence-electron chi connectivity index (χ2n) is 4.80. The fourth-order valence-electron chi connectivity index (χ4n) is 1.61. The zero-order chi connectivity index (χ0) is 14.3. The fraction of sp³-hybridized carbons (Fsp3) is 0.467. The Labute approximate surface area is 116 Å². The highest BCUT2D eigenvalue weighted by atomic mass is 32.2. The van der Waals surface area contributed by atoms with E-state index in [2.05, 4.69) is 6.08 Å². The lowest BCUT2D eigenvalue weighted by atomic mass is 10.1.